The van der Waals surface area contributed by atoms with Crippen LogP contribution in [0.5, 0.6) is 0 Å². The van der Waals surface area contributed by atoms with Gasteiger partial charge in [0, 0.05) is 42.8 Å². The van der Waals surface area contributed by atoms with Crippen molar-refractivity contribution in [2.24, 2.45) is 0 Å². The maximum absolute atomic E-state index is 5.54. The summed E-state index contributed by atoms with van der Waals surface area (Å²) in [5.74, 6) is 2.50. The van der Waals surface area contributed by atoms with Gasteiger partial charge in [0.15, 0.2) is 0 Å². The SMILES string of the molecule is CC1(NCC2CSCCN2)CCCOC1. The van der Waals surface area contributed by atoms with Crippen molar-refractivity contribution in [1.82, 2.24) is 10.6 Å². The Balaban J connectivity index is 1.70. The minimum atomic E-state index is 0.210. The van der Waals surface area contributed by atoms with Crippen molar-refractivity contribution in [1.29, 1.82) is 0 Å². The van der Waals surface area contributed by atoms with Crippen molar-refractivity contribution in [3.63, 3.8) is 0 Å². The Hall–Kier alpha value is 0.230. The molecule has 0 aromatic heterocycles. The highest BCUT2D eigenvalue weighted by atomic mass is 32.2. The molecular weight excluding hydrogens is 208 g/mol. The molecule has 2 aliphatic rings. The van der Waals surface area contributed by atoms with Crippen molar-refractivity contribution < 1.29 is 4.74 Å². The van der Waals surface area contributed by atoms with Crippen LogP contribution >= 0.6 is 11.8 Å². The molecule has 0 bridgehead atoms. The van der Waals surface area contributed by atoms with E-state index >= 15 is 0 Å². The van der Waals surface area contributed by atoms with Gasteiger partial charge in [0.2, 0.25) is 0 Å². The van der Waals surface area contributed by atoms with Crippen LogP contribution in [0.2, 0.25) is 0 Å². The number of ether oxygens (including phenoxy) is 1. The molecule has 0 spiro atoms. The Kier molecular flexibility index (Phi) is 4.31. The standard InChI is InChI=1S/C11H22N2OS/c1-11(3-2-5-14-9-11)13-7-10-8-15-6-4-12-10/h10,12-13H,2-9H2,1H3. The van der Waals surface area contributed by atoms with Gasteiger partial charge in [-0.1, -0.05) is 0 Å². The van der Waals surface area contributed by atoms with Crippen LogP contribution in [-0.2, 0) is 4.74 Å². The first-order chi connectivity index (χ1) is 7.29. The van der Waals surface area contributed by atoms with Crippen LogP contribution in [0.25, 0.3) is 0 Å². The Morgan fingerprint density at radius 2 is 2.53 bits per heavy atom. The highest BCUT2D eigenvalue weighted by Crippen LogP contribution is 2.18. The third kappa shape index (κ3) is 3.63. The number of thioether (sulfide) groups is 1. The fourth-order valence-electron chi connectivity index (χ4n) is 2.19. The second-order valence-corrected chi connectivity index (χ2v) is 5.97. The first-order valence-corrected chi connectivity index (χ1v) is 7.08. The molecular formula is C11H22N2OS. The third-order valence-corrected chi connectivity index (χ3v) is 4.34. The fraction of sp³-hybridized carbons (Fsp3) is 1.00. The van der Waals surface area contributed by atoms with Gasteiger partial charge in [-0.15, -0.1) is 0 Å². The topological polar surface area (TPSA) is 33.3 Å². The monoisotopic (exact) mass is 230 g/mol. The summed E-state index contributed by atoms with van der Waals surface area (Å²) in [4.78, 5) is 0. The molecule has 2 aliphatic heterocycles. The molecule has 15 heavy (non-hydrogen) atoms. The molecule has 0 amide bonds. The first kappa shape index (κ1) is 11.7. The van der Waals surface area contributed by atoms with Gasteiger partial charge in [-0.2, -0.15) is 11.8 Å². The predicted octanol–water partition coefficient (Wildman–Crippen LogP) is 0.850. The molecule has 2 saturated heterocycles. The van der Waals surface area contributed by atoms with Crippen molar-refractivity contribution >= 4 is 11.8 Å². The molecule has 2 unspecified atom stereocenters. The van der Waals surface area contributed by atoms with Crippen LogP contribution in [0, 0.1) is 0 Å². The molecule has 88 valence electrons. The summed E-state index contributed by atoms with van der Waals surface area (Å²) in [5.41, 5.74) is 0.210. The summed E-state index contributed by atoms with van der Waals surface area (Å²) in [6.07, 6.45) is 2.43. The van der Waals surface area contributed by atoms with Crippen LogP contribution in [0.1, 0.15) is 19.8 Å². The van der Waals surface area contributed by atoms with Gasteiger partial charge in [-0.3, -0.25) is 0 Å². The van der Waals surface area contributed by atoms with Crippen LogP contribution in [-0.4, -0.2) is 49.4 Å². The Morgan fingerprint density at radius 3 is 3.20 bits per heavy atom. The van der Waals surface area contributed by atoms with E-state index in [1.807, 2.05) is 0 Å². The molecule has 2 rings (SSSR count). The van der Waals surface area contributed by atoms with E-state index in [0.29, 0.717) is 6.04 Å². The highest BCUT2D eigenvalue weighted by Gasteiger charge is 2.27. The number of hydrogen-bond acceptors (Lipinski definition) is 4. The molecule has 0 radical (unpaired) electrons. The van der Waals surface area contributed by atoms with Gasteiger partial charge in [-0.25, -0.2) is 0 Å². The van der Waals surface area contributed by atoms with E-state index in [2.05, 4.69) is 29.3 Å². The highest BCUT2D eigenvalue weighted by molar-refractivity contribution is 7.99. The average Bonchev–Trinajstić information content (AvgIpc) is 2.29. The minimum Gasteiger partial charge on any atom is -0.380 e. The maximum atomic E-state index is 5.54. The van der Waals surface area contributed by atoms with Crippen molar-refractivity contribution in [2.45, 2.75) is 31.3 Å². The molecule has 3 nitrogen and oxygen atoms in total. The van der Waals surface area contributed by atoms with E-state index in [4.69, 9.17) is 4.74 Å². The van der Waals surface area contributed by atoms with E-state index in [1.165, 1.54) is 24.3 Å². The smallest absolute Gasteiger partial charge is 0.0645 e. The molecule has 0 saturated carbocycles. The lowest BCUT2D eigenvalue weighted by atomic mass is 9.94. The lowest BCUT2D eigenvalue weighted by Gasteiger charge is -2.36. The van der Waals surface area contributed by atoms with E-state index in [9.17, 15) is 0 Å². The quantitative estimate of drug-likeness (QED) is 0.753. The van der Waals surface area contributed by atoms with E-state index in [-0.39, 0.29) is 5.54 Å². The average molecular weight is 230 g/mol. The number of nitrogens with one attached hydrogen (secondary N) is 2. The second kappa shape index (κ2) is 5.53. The first-order valence-electron chi connectivity index (χ1n) is 5.92. The fourth-order valence-corrected chi connectivity index (χ4v) is 3.14. The van der Waals surface area contributed by atoms with Gasteiger partial charge < -0.3 is 15.4 Å². The Morgan fingerprint density at radius 1 is 1.60 bits per heavy atom. The normalized spacial score (nSPS) is 37.8. The van der Waals surface area contributed by atoms with Crippen molar-refractivity contribution in [2.75, 3.05) is 37.8 Å². The zero-order valence-electron chi connectivity index (χ0n) is 9.55. The summed E-state index contributed by atoms with van der Waals surface area (Å²) in [6.45, 7) is 6.32. The van der Waals surface area contributed by atoms with Crippen LogP contribution in [0.15, 0.2) is 0 Å². The summed E-state index contributed by atoms with van der Waals surface area (Å²) in [6, 6.07) is 0.641. The van der Waals surface area contributed by atoms with Crippen LogP contribution in [0.3, 0.4) is 0 Å². The molecule has 4 heteroatoms. The molecule has 2 N–H and O–H groups in total. The van der Waals surface area contributed by atoms with Gasteiger partial charge in [0.25, 0.3) is 0 Å². The van der Waals surface area contributed by atoms with E-state index in [0.717, 1.165) is 26.3 Å². The van der Waals surface area contributed by atoms with Crippen LogP contribution < -0.4 is 10.6 Å². The van der Waals surface area contributed by atoms with Gasteiger partial charge in [0.1, 0.15) is 0 Å². The molecule has 0 aromatic rings. The predicted molar refractivity (Wildman–Crippen MR) is 65.6 cm³/mol. The maximum Gasteiger partial charge on any atom is 0.0645 e. The Labute approximate surface area is 96.7 Å². The lowest BCUT2D eigenvalue weighted by Crippen LogP contribution is -2.54. The molecule has 2 atom stereocenters. The summed E-state index contributed by atoms with van der Waals surface area (Å²) in [7, 11) is 0. The zero-order chi connectivity index (χ0) is 10.6. The zero-order valence-corrected chi connectivity index (χ0v) is 10.4. The van der Waals surface area contributed by atoms with Gasteiger partial charge in [-0.05, 0) is 19.8 Å². The number of rotatable bonds is 3. The molecule has 0 aliphatic carbocycles. The van der Waals surface area contributed by atoms with Gasteiger partial charge >= 0.3 is 0 Å². The number of hydrogen-bond donors (Lipinski definition) is 2. The largest absolute Gasteiger partial charge is 0.380 e. The van der Waals surface area contributed by atoms with E-state index < -0.39 is 0 Å². The van der Waals surface area contributed by atoms with Gasteiger partial charge in [0.05, 0.1) is 6.61 Å². The summed E-state index contributed by atoms with van der Waals surface area (Å²) < 4.78 is 5.54. The minimum absolute atomic E-state index is 0.210. The van der Waals surface area contributed by atoms with Crippen LogP contribution in [0.4, 0.5) is 0 Å². The molecule has 0 aromatic carbocycles. The lowest BCUT2D eigenvalue weighted by molar-refractivity contribution is 0.0279. The third-order valence-electron chi connectivity index (χ3n) is 3.21. The Bertz CT molecular complexity index is 189. The van der Waals surface area contributed by atoms with Crippen molar-refractivity contribution in [3.05, 3.63) is 0 Å². The van der Waals surface area contributed by atoms with E-state index in [1.54, 1.807) is 0 Å². The molecule has 2 fully saturated rings. The van der Waals surface area contributed by atoms with Crippen molar-refractivity contribution in [3.8, 4) is 0 Å². The second-order valence-electron chi connectivity index (χ2n) is 4.82. The summed E-state index contributed by atoms with van der Waals surface area (Å²) >= 11 is 2.05. The molecule has 2 heterocycles. The summed E-state index contributed by atoms with van der Waals surface area (Å²) in [5, 5.41) is 7.22.